The van der Waals surface area contributed by atoms with Crippen LogP contribution in [0.4, 0.5) is 5.69 Å². The monoisotopic (exact) mass is 402 g/mol. The highest BCUT2D eigenvalue weighted by atomic mass is 79.9. The SMILES string of the molecule is COc1ccc(Br)cc1/C=C1/NC(=S)N(c2cccc(C)c2)C1=O. The fraction of sp³-hybridized carbons (Fsp3) is 0.111. The van der Waals surface area contributed by atoms with Crippen molar-refractivity contribution in [3.8, 4) is 5.75 Å². The van der Waals surface area contributed by atoms with E-state index >= 15 is 0 Å². The molecule has 24 heavy (non-hydrogen) atoms. The number of rotatable bonds is 3. The molecule has 1 N–H and O–H groups in total. The molecule has 0 aliphatic carbocycles. The number of halogens is 1. The van der Waals surface area contributed by atoms with Gasteiger partial charge in [0.1, 0.15) is 11.4 Å². The van der Waals surface area contributed by atoms with Gasteiger partial charge in [0.25, 0.3) is 5.91 Å². The van der Waals surface area contributed by atoms with Gasteiger partial charge in [-0.25, -0.2) is 0 Å². The van der Waals surface area contributed by atoms with E-state index in [9.17, 15) is 4.79 Å². The van der Waals surface area contributed by atoms with Gasteiger partial charge in [-0.2, -0.15) is 0 Å². The quantitative estimate of drug-likeness (QED) is 0.621. The van der Waals surface area contributed by atoms with Crippen LogP contribution >= 0.6 is 28.1 Å². The fourth-order valence-corrected chi connectivity index (χ4v) is 3.19. The van der Waals surface area contributed by atoms with Gasteiger partial charge in [0.2, 0.25) is 0 Å². The van der Waals surface area contributed by atoms with Crippen LogP contribution in [0.25, 0.3) is 6.08 Å². The molecule has 2 aromatic carbocycles. The molecule has 0 bridgehead atoms. The Hall–Kier alpha value is -2.18. The van der Waals surface area contributed by atoms with Gasteiger partial charge in [-0.15, -0.1) is 0 Å². The topological polar surface area (TPSA) is 41.6 Å². The Morgan fingerprint density at radius 3 is 2.75 bits per heavy atom. The molecule has 4 nitrogen and oxygen atoms in total. The van der Waals surface area contributed by atoms with Crippen molar-refractivity contribution in [2.45, 2.75) is 6.92 Å². The summed E-state index contributed by atoms with van der Waals surface area (Å²) in [5.74, 6) is 0.493. The summed E-state index contributed by atoms with van der Waals surface area (Å²) in [6, 6.07) is 13.3. The Morgan fingerprint density at radius 1 is 1.25 bits per heavy atom. The van der Waals surface area contributed by atoms with Crippen molar-refractivity contribution in [1.29, 1.82) is 0 Å². The van der Waals surface area contributed by atoms with Crippen molar-refractivity contribution in [1.82, 2.24) is 5.32 Å². The van der Waals surface area contributed by atoms with Gasteiger partial charge in [-0.3, -0.25) is 9.69 Å². The maximum atomic E-state index is 12.8. The summed E-state index contributed by atoms with van der Waals surface area (Å²) in [7, 11) is 1.60. The van der Waals surface area contributed by atoms with Crippen LogP contribution in [0.5, 0.6) is 5.75 Å². The minimum atomic E-state index is -0.187. The molecule has 0 atom stereocenters. The maximum absolute atomic E-state index is 12.8. The molecule has 1 saturated heterocycles. The van der Waals surface area contributed by atoms with Crippen molar-refractivity contribution in [2.75, 3.05) is 12.0 Å². The molecule has 2 aromatic rings. The van der Waals surface area contributed by atoms with Crippen LogP contribution in [-0.4, -0.2) is 18.1 Å². The Labute approximate surface area is 154 Å². The van der Waals surface area contributed by atoms with E-state index in [2.05, 4.69) is 21.2 Å². The third kappa shape index (κ3) is 3.20. The second-order valence-electron chi connectivity index (χ2n) is 5.35. The zero-order valence-corrected chi connectivity index (χ0v) is 15.6. The summed E-state index contributed by atoms with van der Waals surface area (Å²) in [6.45, 7) is 1.98. The first kappa shape index (κ1) is 16.7. The molecule has 122 valence electrons. The third-order valence-electron chi connectivity index (χ3n) is 3.63. The molecule has 0 radical (unpaired) electrons. The van der Waals surface area contributed by atoms with Crippen LogP contribution in [0.2, 0.25) is 0 Å². The number of hydrogen-bond acceptors (Lipinski definition) is 3. The van der Waals surface area contributed by atoms with Gasteiger partial charge >= 0.3 is 0 Å². The number of nitrogens with one attached hydrogen (secondary N) is 1. The van der Waals surface area contributed by atoms with E-state index in [0.29, 0.717) is 16.6 Å². The minimum absolute atomic E-state index is 0.187. The second-order valence-corrected chi connectivity index (χ2v) is 6.66. The van der Waals surface area contributed by atoms with Crippen LogP contribution in [0.1, 0.15) is 11.1 Å². The summed E-state index contributed by atoms with van der Waals surface area (Å²) in [5.41, 5.74) is 3.02. The Bertz CT molecular complexity index is 864. The molecule has 0 spiro atoms. The van der Waals surface area contributed by atoms with Gasteiger partial charge in [0.05, 0.1) is 12.8 Å². The van der Waals surface area contributed by atoms with E-state index in [-0.39, 0.29) is 5.91 Å². The van der Waals surface area contributed by atoms with Crippen LogP contribution in [-0.2, 0) is 4.79 Å². The molecule has 1 heterocycles. The number of carbonyl (C=O) groups is 1. The maximum Gasteiger partial charge on any atom is 0.281 e. The molecular weight excluding hydrogens is 388 g/mol. The number of amides is 1. The average molecular weight is 403 g/mol. The van der Waals surface area contributed by atoms with Crippen LogP contribution in [0.15, 0.2) is 52.6 Å². The van der Waals surface area contributed by atoms with Crippen LogP contribution < -0.4 is 15.0 Å². The minimum Gasteiger partial charge on any atom is -0.496 e. The zero-order chi connectivity index (χ0) is 17.3. The third-order valence-corrected chi connectivity index (χ3v) is 4.41. The number of hydrogen-bond donors (Lipinski definition) is 1. The lowest BCUT2D eigenvalue weighted by Gasteiger charge is -2.14. The lowest BCUT2D eigenvalue weighted by atomic mass is 10.1. The highest BCUT2D eigenvalue weighted by Crippen LogP contribution is 2.28. The fourth-order valence-electron chi connectivity index (χ4n) is 2.51. The van der Waals surface area contributed by atoms with Crippen molar-refractivity contribution < 1.29 is 9.53 Å². The summed E-state index contributed by atoms with van der Waals surface area (Å²) in [6.07, 6.45) is 1.74. The van der Waals surface area contributed by atoms with Crippen molar-refractivity contribution in [2.24, 2.45) is 0 Å². The van der Waals surface area contributed by atoms with Crippen molar-refractivity contribution in [3.05, 3.63) is 63.8 Å². The number of ether oxygens (including phenoxy) is 1. The molecule has 1 amide bonds. The smallest absolute Gasteiger partial charge is 0.281 e. The first-order valence-electron chi connectivity index (χ1n) is 7.27. The summed E-state index contributed by atoms with van der Waals surface area (Å²) in [5, 5.41) is 3.36. The van der Waals surface area contributed by atoms with E-state index in [0.717, 1.165) is 21.3 Å². The van der Waals surface area contributed by atoms with E-state index < -0.39 is 0 Å². The first-order valence-corrected chi connectivity index (χ1v) is 8.47. The molecule has 3 rings (SSSR count). The molecule has 6 heteroatoms. The second kappa shape index (κ2) is 6.75. The number of anilines is 1. The van der Waals surface area contributed by atoms with Gasteiger partial charge in [0, 0.05) is 10.0 Å². The van der Waals surface area contributed by atoms with E-state index in [4.69, 9.17) is 17.0 Å². The van der Waals surface area contributed by atoms with Crippen molar-refractivity contribution >= 4 is 50.9 Å². The van der Waals surface area contributed by atoms with Gasteiger partial charge in [0.15, 0.2) is 5.11 Å². The van der Waals surface area contributed by atoms with Gasteiger partial charge in [-0.1, -0.05) is 28.1 Å². The van der Waals surface area contributed by atoms with Crippen molar-refractivity contribution in [3.63, 3.8) is 0 Å². The lowest BCUT2D eigenvalue weighted by molar-refractivity contribution is -0.113. The molecular formula is C18H15BrN2O2S. The highest BCUT2D eigenvalue weighted by Gasteiger charge is 2.32. The number of benzene rings is 2. The van der Waals surface area contributed by atoms with E-state index in [1.165, 1.54) is 4.90 Å². The normalized spacial score (nSPS) is 15.8. The first-order chi connectivity index (χ1) is 11.5. The molecule has 1 aliphatic heterocycles. The lowest BCUT2D eigenvalue weighted by Crippen LogP contribution is -2.30. The van der Waals surface area contributed by atoms with Crippen LogP contribution in [0.3, 0.4) is 0 Å². The number of methoxy groups -OCH3 is 1. The number of carbonyl (C=O) groups excluding carboxylic acids is 1. The van der Waals surface area contributed by atoms with E-state index in [1.807, 2.05) is 49.4 Å². The molecule has 0 aromatic heterocycles. The van der Waals surface area contributed by atoms with Gasteiger partial charge < -0.3 is 10.1 Å². The molecule has 1 aliphatic rings. The Morgan fingerprint density at radius 2 is 2.04 bits per heavy atom. The number of aryl methyl sites for hydroxylation is 1. The zero-order valence-electron chi connectivity index (χ0n) is 13.2. The number of thiocarbonyl (C=S) groups is 1. The standard InChI is InChI=1S/C18H15BrN2O2S/c1-11-4-3-5-14(8-11)21-17(22)15(20-18(21)24)10-12-9-13(19)6-7-16(12)23-2/h3-10H,1-2H3,(H,20,24)/b15-10+. The van der Waals surface area contributed by atoms with Gasteiger partial charge in [-0.05, 0) is 61.1 Å². The summed E-state index contributed by atoms with van der Waals surface area (Å²) >= 11 is 8.77. The predicted octanol–water partition coefficient (Wildman–Crippen LogP) is 4.03. The average Bonchev–Trinajstić information content (AvgIpc) is 2.81. The highest BCUT2D eigenvalue weighted by molar-refractivity contribution is 9.10. The molecule has 0 saturated carbocycles. The van der Waals surface area contributed by atoms with E-state index in [1.54, 1.807) is 13.2 Å². The molecule has 1 fully saturated rings. The largest absolute Gasteiger partial charge is 0.496 e. The number of nitrogens with zero attached hydrogens (tertiary/aromatic N) is 1. The predicted molar refractivity (Wildman–Crippen MR) is 103 cm³/mol. The Balaban J connectivity index is 1.99. The Kier molecular flexibility index (Phi) is 4.69. The summed E-state index contributed by atoms with van der Waals surface area (Å²) in [4.78, 5) is 14.3. The van der Waals surface area contributed by atoms with Crippen LogP contribution in [0, 0.1) is 6.92 Å². The molecule has 0 unspecified atom stereocenters. The summed E-state index contributed by atoms with van der Waals surface area (Å²) < 4.78 is 6.25.